The number of hydrazone groups is 1. The van der Waals surface area contributed by atoms with E-state index in [1.165, 1.54) is 0 Å². The number of benzene rings is 1. The second kappa shape index (κ2) is 7.30. The van der Waals surface area contributed by atoms with Crippen LogP contribution < -0.4 is 15.5 Å². The van der Waals surface area contributed by atoms with Crippen molar-refractivity contribution < 1.29 is 9.53 Å². The summed E-state index contributed by atoms with van der Waals surface area (Å²) >= 11 is 1.56. The molecule has 0 fully saturated rings. The Kier molecular flexibility index (Phi) is 5.14. The monoisotopic (exact) mass is 289 g/mol. The molecule has 1 aromatic carbocycles. The van der Waals surface area contributed by atoms with Crippen molar-refractivity contribution in [3.63, 3.8) is 0 Å². The normalized spacial score (nSPS) is 10.4. The van der Waals surface area contributed by atoms with E-state index in [1.807, 2.05) is 41.8 Å². The van der Waals surface area contributed by atoms with Gasteiger partial charge in [-0.1, -0.05) is 6.07 Å². The van der Waals surface area contributed by atoms with Crippen LogP contribution in [0.15, 0.2) is 46.9 Å². The Bertz CT molecular complexity index is 565. The van der Waals surface area contributed by atoms with Crippen LogP contribution in [0.2, 0.25) is 0 Å². The molecule has 0 bridgehead atoms. The molecular formula is C14H15N3O2S. The van der Waals surface area contributed by atoms with Crippen molar-refractivity contribution in [1.29, 1.82) is 0 Å². The summed E-state index contributed by atoms with van der Waals surface area (Å²) < 4.78 is 5.06. The van der Waals surface area contributed by atoms with E-state index in [9.17, 15) is 4.79 Å². The molecule has 1 amide bonds. The lowest BCUT2D eigenvalue weighted by Crippen LogP contribution is -2.25. The highest BCUT2D eigenvalue weighted by molar-refractivity contribution is 7.11. The van der Waals surface area contributed by atoms with Crippen LogP contribution in [-0.4, -0.2) is 25.8 Å². The van der Waals surface area contributed by atoms with Gasteiger partial charge in [0.1, 0.15) is 5.75 Å². The van der Waals surface area contributed by atoms with Gasteiger partial charge in [-0.05, 0) is 35.7 Å². The van der Waals surface area contributed by atoms with E-state index in [4.69, 9.17) is 4.74 Å². The number of nitrogens with zero attached hydrogens (tertiary/aromatic N) is 1. The Labute approximate surface area is 121 Å². The van der Waals surface area contributed by atoms with E-state index < -0.39 is 0 Å². The van der Waals surface area contributed by atoms with Crippen LogP contribution in [0.4, 0.5) is 5.69 Å². The molecule has 2 aromatic rings. The average molecular weight is 289 g/mol. The molecule has 104 valence electrons. The number of methoxy groups -OCH3 is 1. The van der Waals surface area contributed by atoms with Gasteiger partial charge in [-0.15, -0.1) is 11.3 Å². The van der Waals surface area contributed by atoms with Crippen LogP contribution in [-0.2, 0) is 4.79 Å². The largest absolute Gasteiger partial charge is 0.497 e. The molecule has 0 aliphatic heterocycles. The van der Waals surface area contributed by atoms with Gasteiger partial charge in [-0.2, -0.15) is 5.10 Å². The molecule has 0 saturated carbocycles. The number of rotatable bonds is 6. The van der Waals surface area contributed by atoms with E-state index >= 15 is 0 Å². The summed E-state index contributed by atoms with van der Waals surface area (Å²) in [6.07, 6.45) is 1.62. The van der Waals surface area contributed by atoms with Crippen LogP contribution in [0.5, 0.6) is 5.75 Å². The summed E-state index contributed by atoms with van der Waals surface area (Å²) in [5.41, 5.74) is 3.31. The first-order chi connectivity index (χ1) is 9.78. The van der Waals surface area contributed by atoms with Crippen molar-refractivity contribution in [1.82, 2.24) is 5.43 Å². The molecule has 2 rings (SSSR count). The summed E-state index contributed by atoms with van der Waals surface area (Å²) in [5.74, 6) is 0.578. The first-order valence-corrected chi connectivity index (χ1v) is 6.89. The molecule has 0 saturated heterocycles. The van der Waals surface area contributed by atoms with Gasteiger partial charge in [0.05, 0.1) is 19.9 Å². The first-order valence-electron chi connectivity index (χ1n) is 6.01. The summed E-state index contributed by atoms with van der Waals surface area (Å²) in [6.45, 7) is 0.161. The fourth-order valence-corrected chi connectivity index (χ4v) is 2.05. The molecule has 0 unspecified atom stereocenters. The van der Waals surface area contributed by atoms with E-state index in [-0.39, 0.29) is 12.5 Å². The number of hydrogen-bond donors (Lipinski definition) is 2. The van der Waals surface area contributed by atoms with Gasteiger partial charge in [0.2, 0.25) is 0 Å². The molecule has 0 radical (unpaired) electrons. The van der Waals surface area contributed by atoms with Crippen LogP contribution >= 0.6 is 11.3 Å². The van der Waals surface area contributed by atoms with Gasteiger partial charge in [0, 0.05) is 10.6 Å². The molecule has 0 aliphatic rings. The number of carbonyl (C=O) groups excluding carboxylic acids is 1. The van der Waals surface area contributed by atoms with Crippen LogP contribution in [0.3, 0.4) is 0 Å². The number of hydrogen-bond acceptors (Lipinski definition) is 5. The molecule has 1 aromatic heterocycles. The molecule has 0 spiro atoms. The fourth-order valence-electron chi connectivity index (χ4n) is 1.46. The zero-order chi connectivity index (χ0) is 14.2. The van der Waals surface area contributed by atoms with Crippen molar-refractivity contribution in [3.05, 3.63) is 46.7 Å². The summed E-state index contributed by atoms with van der Waals surface area (Å²) in [4.78, 5) is 12.6. The molecule has 6 heteroatoms. The highest BCUT2D eigenvalue weighted by Gasteiger charge is 1.99. The summed E-state index contributed by atoms with van der Waals surface area (Å²) in [6, 6.07) is 11.2. The zero-order valence-electron chi connectivity index (χ0n) is 11.0. The standard InChI is InChI=1S/C14H15N3O2S/c1-19-12-6-4-11(5-7-12)15-10-14(18)17-16-9-13-3-2-8-20-13/h2-9,15H,10H2,1H3,(H,17,18)/b16-9-. The molecule has 0 aliphatic carbocycles. The number of ether oxygens (including phenoxy) is 1. The second-order valence-corrected chi connectivity index (χ2v) is 4.87. The minimum absolute atomic E-state index is 0.161. The van der Waals surface area contributed by atoms with Crippen LogP contribution in [0, 0.1) is 0 Å². The molecule has 1 heterocycles. The average Bonchev–Trinajstić information content (AvgIpc) is 2.99. The zero-order valence-corrected chi connectivity index (χ0v) is 11.8. The smallest absolute Gasteiger partial charge is 0.259 e. The molecule has 2 N–H and O–H groups in total. The lowest BCUT2D eigenvalue weighted by atomic mass is 10.3. The third-order valence-electron chi connectivity index (χ3n) is 2.47. The Morgan fingerprint density at radius 3 is 2.80 bits per heavy atom. The molecular weight excluding hydrogens is 274 g/mol. The Balaban J connectivity index is 1.74. The number of thiophene rings is 1. The van der Waals surface area contributed by atoms with Crippen molar-refractivity contribution in [2.45, 2.75) is 0 Å². The number of carbonyl (C=O) groups is 1. The molecule has 20 heavy (non-hydrogen) atoms. The van der Waals surface area contributed by atoms with Gasteiger partial charge in [0.25, 0.3) is 5.91 Å². The van der Waals surface area contributed by atoms with Gasteiger partial charge < -0.3 is 10.1 Å². The van der Waals surface area contributed by atoms with E-state index in [1.54, 1.807) is 24.7 Å². The fraction of sp³-hybridized carbons (Fsp3) is 0.143. The number of amides is 1. The Morgan fingerprint density at radius 2 is 2.15 bits per heavy atom. The highest BCUT2D eigenvalue weighted by atomic mass is 32.1. The minimum atomic E-state index is -0.200. The lowest BCUT2D eigenvalue weighted by molar-refractivity contribution is -0.119. The minimum Gasteiger partial charge on any atom is -0.497 e. The highest BCUT2D eigenvalue weighted by Crippen LogP contribution is 2.14. The lowest BCUT2D eigenvalue weighted by Gasteiger charge is -2.06. The van der Waals surface area contributed by atoms with E-state index in [0.717, 1.165) is 16.3 Å². The number of anilines is 1. The van der Waals surface area contributed by atoms with Gasteiger partial charge in [-0.25, -0.2) is 5.43 Å². The predicted molar refractivity (Wildman–Crippen MR) is 81.5 cm³/mol. The van der Waals surface area contributed by atoms with Crippen molar-refractivity contribution in [3.8, 4) is 5.75 Å². The van der Waals surface area contributed by atoms with Crippen LogP contribution in [0.1, 0.15) is 4.88 Å². The quantitative estimate of drug-likeness (QED) is 0.633. The maximum absolute atomic E-state index is 11.6. The topological polar surface area (TPSA) is 62.7 Å². The maximum Gasteiger partial charge on any atom is 0.259 e. The van der Waals surface area contributed by atoms with E-state index in [2.05, 4.69) is 15.8 Å². The SMILES string of the molecule is COc1ccc(NCC(=O)N/N=C\c2cccs2)cc1. The third kappa shape index (κ3) is 4.40. The summed E-state index contributed by atoms with van der Waals surface area (Å²) in [5, 5.41) is 8.83. The van der Waals surface area contributed by atoms with Crippen molar-refractivity contribution >= 4 is 29.1 Å². The van der Waals surface area contributed by atoms with Gasteiger partial charge in [-0.3, -0.25) is 4.79 Å². The number of nitrogens with one attached hydrogen (secondary N) is 2. The Morgan fingerprint density at radius 1 is 1.35 bits per heavy atom. The second-order valence-electron chi connectivity index (χ2n) is 3.89. The predicted octanol–water partition coefficient (Wildman–Crippen LogP) is 2.32. The van der Waals surface area contributed by atoms with E-state index in [0.29, 0.717) is 0 Å². The molecule has 5 nitrogen and oxygen atoms in total. The third-order valence-corrected chi connectivity index (χ3v) is 3.27. The summed E-state index contributed by atoms with van der Waals surface area (Å²) in [7, 11) is 1.61. The first kappa shape index (κ1) is 14.1. The van der Waals surface area contributed by atoms with Crippen LogP contribution in [0.25, 0.3) is 0 Å². The van der Waals surface area contributed by atoms with Crippen molar-refractivity contribution in [2.75, 3.05) is 19.0 Å². The van der Waals surface area contributed by atoms with Gasteiger partial charge in [0.15, 0.2) is 0 Å². The Hall–Kier alpha value is -2.34. The maximum atomic E-state index is 11.6. The molecule has 0 atom stereocenters. The van der Waals surface area contributed by atoms with Crippen molar-refractivity contribution in [2.24, 2.45) is 5.10 Å². The van der Waals surface area contributed by atoms with Gasteiger partial charge >= 0.3 is 0 Å².